The van der Waals surface area contributed by atoms with E-state index in [1.54, 1.807) is 6.20 Å². The number of morpholine rings is 1. The molecule has 0 aliphatic carbocycles. The predicted octanol–water partition coefficient (Wildman–Crippen LogP) is 2.01. The van der Waals surface area contributed by atoms with E-state index in [-0.39, 0.29) is 22.3 Å². The molecule has 7 rings (SSSR count). The second-order valence-electron chi connectivity index (χ2n) is 10.8. The molecule has 0 atom stereocenters. The van der Waals surface area contributed by atoms with Crippen LogP contribution in [0, 0.1) is 5.82 Å². The lowest BCUT2D eigenvalue weighted by Gasteiger charge is -2.35. The lowest BCUT2D eigenvalue weighted by molar-refractivity contribution is -0.126. The summed E-state index contributed by atoms with van der Waals surface area (Å²) in [6, 6.07) is 10.0. The lowest BCUT2D eigenvalue weighted by Crippen LogP contribution is -2.50. The summed E-state index contributed by atoms with van der Waals surface area (Å²) in [7, 11) is 0. The molecule has 13 nitrogen and oxygen atoms in total. The molecule has 0 bridgehead atoms. The number of aromatic nitrogens is 7. The van der Waals surface area contributed by atoms with Crippen molar-refractivity contribution in [1.82, 2.24) is 44.5 Å². The maximum atomic E-state index is 14.9. The Kier molecular flexibility index (Phi) is 7.58. The fraction of sp³-hybridized carbons (Fsp3) is 0.333. The van der Waals surface area contributed by atoms with Gasteiger partial charge >= 0.3 is 0 Å². The van der Waals surface area contributed by atoms with Crippen molar-refractivity contribution in [3.8, 4) is 17.1 Å². The molecule has 0 unspecified atom stereocenters. The van der Waals surface area contributed by atoms with Gasteiger partial charge in [-0.25, -0.2) is 14.1 Å². The first-order valence-corrected chi connectivity index (χ1v) is 14.6. The number of benzene rings is 1. The van der Waals surface area contributed by atoms with Gasteiger partial charge in [-0.05, 0) is 0 Å². The summed E-state index contributed by atoms with van der Waals surface area (Å²) in [4.78, 5) is 39.9. The molecule has 2 saturated heterocycles. The van der Waals surface area contributed by atoms with E-state index in [4.69, 9.17) is 9.84 Å². The summed E-state index contributed by atoms with van der Waals surface area (Å²) < 4.78 is 23.7. The molecule has 0 saturated carbocycles. The second-order valence-corrected chi connectivity index (χ2v) is 10.8. The van der Waals surface area contributed by atoms with Gasteiger partial charge in [0.25, 0.3) is 11.7 Å². The highest BCUT2D eigenvalue weighted by molar-refractivity contribution is 6.45. The molecule has 0 radical (unpaired) electrons. The number of hydrogen-bond donors (Lipinski definition) is 1. The van der Waals surface area contributed by atoms with E-state index < -0.39 is 17.5 Å². The molecule has 1 amide bonds. The van der Waals surface area contributed by atoms with Crippen molar-refractivity contribution in [3.05, 3.63) is 72.7 Å². The van der Waals surface area contributed by atoms with Crippen molar-refractivity contribution < 1.29 is 18.7 Å². The molecule has 4 aromatic heterocycles. The maximum Gasteiger partial charge on any atom is 0.295 e. The van der Waals surface area contributed by atoms with Gasteiger partial charge in [-0.3, -0.25) is 19.2 Å². The monoisotopic (exact) mass is 598 g/mol. The number of rotatable bonds is 8. The van der Waals surface area contributed by atoms with Crippen LogP contribution in [-0.2, 0) is 16.1 Å². The highest BCUT2D eigenvalue weighted by Crippen LogP contribution is 2.31. The molecule has 226 valence electrons. The third-order valence-electron chi connectivity index (χ3n) is 8.17. The number of Topliss-reactive ketones (excluding diaryl/α,β-unsaturated/α-hetero) is 1. The first-order chi connectivity index (χ1) is 21.6. The molecule has 14 heteroatoms. The molecule has 6 heterocycles. The quantitative estimate of drug-likeness (QED) is 0.211. The number of piperazine rings is 1. The molecule has 1 aromatic carbocycles. The summed E-state index contributed by atoms with van der Waals surface area (Å²) in [5.74, 6) is -1.88. The van der Waals surface area contributed by atoms with Crippen molar-refractivity contribution in [2.24, 2.45) is 0 Å². The molecule has 2 fully saturated rings. The fourth-order valence-electron chi connectivity index (χ4n) is 5.80. The smallest absolute Gasteiger partial charge is 0.295 e. The van der Waals surface area contributed by atoms with Gasteiger partial charge in [-0.1, -0.05) is 35.5 Å². The van der Waals surface area contributed by atoms with E-state index in [2.05, 4.69) is 36.3 Å². The van der Waals surface area contributed by atoms with Crippen LogP contribution >= 0.6 is 0 Å². The molecule has 2 aliphatic rings. The van der Waals surface area contributed by atoms with Crippen molar-refractivity contribution in [3.63, 3.8) is 0 Å². The zero-order chi connectivity index (χ0) is 30.0. The first-order valence-electron chi connectivity index (χ1n) is 14.6. The number of fused-ring (bicyclic) bond motifs is 1. The summed E-state index contributed by atoms with van der Waals surface area (Å²) >= 11 is 0. The SMILES string of the molecule is O=C(C(=O)N1CCN(c2cn(CCN3CCOCC3)nc2-c2ccccc2)CC1)c1c[nH]c2c(-n3ccnn3)ncc(F)c12. The molecular weight excluding hydrogens is 567 g/mol. The number of halogens is 1. The molecule has 1 N–H and O–H groups in total. The zero-order valence-electron chi connectivity index (χ0n) is 24.0. The molecular formula is C30H31FN10O3. The Balaban J connectivity index is 1.07. The van der Waals surface area contributed by atoms with E-state index in [0.717, 1.165) is 62.5 Å². The minimum absolute atomic E-state index is 0.000479. The largest absolute Gasteiger partial charge is 0.379 e. The highest BCUT2D eigenvalue weighted by Gasteiger charge is 2.31. The van der Waals surface area contributed by atoms with Crippen molar-refractivity contribution in [2.45, 2.75) is 6.54 Å². The number of nitrogens with zero attached hydrogens (tertiary/aromatic N) is 9. The van der Waals surface area contributed by atoms with Gasteiger partial charge in [0.1, 0.15) is 5.69 Å². The number of ether oxygens (including phenoxy) is 1. The summed E-state index contributed by atoms with van der Waals surface area (Å²) in [5, 5.41) is 12.6. The van der Waals surface area contributed by atoms with Crippen LogP contribution in [0.2, 0.25) is 0 Å². The summed E-state index contributed by atoms with van der Waals surface area (Å²) in [6.07, 6.45) is 7.46. The van der Waals surface area contributed by atoms with Crippen LogP contribution in [0.15, 0.2) is 61.3 Å². The fourth-order valence-corrected chi connectivity index (χ4v) is 5.80. The van der Waals surface area contributed by atoms with Gasteiger partial charge < -0.3 is 19.5 Å². The number of H-pyrrole nitrogens is 1. The third-order valence-corrected chi connectivity index (χ3v) is 8.17. The highest BCUT2D eigenvalue weighted by atomic mass is 19.1. The van der Waals surface area contributed by atoms with Gasteiger partial charge in [0.15, 0.2) is 11.6 Å². The Morgan fingerprint density at radius 1 is 1.00 bits per heavy atom. The van der Waals surface area contributed by atoms with E-state index in [0.29, 0.717) is 26.2 Å². The van der Waals surface area contributed by atoms with Crippen molar-refractivity contribution in [1.29, 1.82) is 0 Å². The zero-order valence-corrected chi connectivity index (χ0v) is 24.0. The number of nitrogens with one attached hydrogen (secondary N) is 1. The van der Waals surface area contributed by atoms with E-state index in [9.17, 15) is 14.0 Å². The van der Waals surface area contributed by atoms with E-state index >= 15 is 0 Å². The number of carbonyl (C=O) groups is 2. The number of pyridine rings is 1. The number of anilines is 1. The molecule has 5 aromatic rings. The summed E-state index contributed by atoms with van der Waals surface area (Å²) in [6.45, 7) is 6.70. The minimum atomic E-state index is -0.778. The third kappa shape index (κ3) is 5.33. The number of ketones is 1. The Morgan fingerprint density at radius 3 is 2.55 bits per heavy atom. The molecule has 2 aliphatic heterocycles. The van der Waals surface area contributed by atoms with Crippen LogP contribution in [-0.4, -0.2) is 115 Å². The summed E-state index contributed by atoms with van der Waals surface area (Å²) in [5.41, 5.74) is 3.11. The van der Waals surface area contributed by atoms with Crippen LogP contribution in [0.25, 0.3) is 28.0 Å². The topological polar surface area (TPSA) is 130 Å². The Hall–Kier alpha value is -4.95. The number of hydrogen-bond acceptors (Lipinski definition) is 9. The van der Waals surface area contributed by atoms with Gasteiger partial charge in [0.05, 0.1) is 60.5 Å². The Morgan fingerprint density at radius 2 is 1.80 bits per heavy atom. The minimum Gasteiger partial charge on any atom is -0.379 e. The normalized spacial score (nSPS) is 16.1. The van der Waals surface area contributed by atoms with Gasteiger partial charge in [-0.15, -0.1) is 5.10 Å². The number of aromatic amines is 1. The van der Waals surface area contributed by atoms with Crippen LogP contribution < -0.4 is 4.90 Å². The van der Waals surface area contributed by atoms with E-state index in [1.807, 2.05) is 35.0 Å². The van der Waals surface area contributed by atoms with Gasteiger partial charge in [0, 0.05) is 63.8 Å². The lowest BCUT2D eigenvalue weighted by atomic mass is 10.1. The Bertz CT molecular complexity index is 1770. The molecule has 0 spiro atoms. The standard InChI is InChI=1S/C30H31FN10O3/c31-23-19-33-29(41-7-6-34-36-41)27-25(23)22(18-32-27)28(42)30(43)39-11-9-38(10-12-39)24-20-40(13-8-37-14-16-44-17-15-37)35-26(24)21-4-2-1-3-5-21/h1-7,18-20,32H,8-17H2. The number of carbonyl (C=O) groups excluding carboxylic acids is 2. The van der Waals surface area contributed by atoms with Gasteiger partial charge in [-0.2, -0.15) is 5.10 Å². The van der Waals surface area contributed by atoms with Crippen molar-refractivity contribution >= 4 is 28.3 Å². The first kappa shape index (κ1) is 27.9. The van der Waals surface area contributed by atoms with Crippen LogP contribution in [0.1, 0.15) is 10.4 Å². The predicted molar refractivity (Wildman–Crippen MR) is 159 cm³/mol. The van der Waals surface area contributed by atoms with Crippen LogP contribution in [0.5, 0.6) is 0 Å². The molecule has 44 heavy (non-hydrogen) atoms. The van der Waals surface area contributed by atoms with E-state index in [1.165, 1.54) is 22.0 Å². The average molecular weight is 599 g/mol. The Labute approximate surface area is 251 Å². The average Bonchev–Trinajstić information content (AvgIpc) is 3.85. The van der Waals surface area contributed by atoms with Crippen molar-refractivity contribution in [2.75, 3.05) is 63.9 Å². The van der Waals surface area contributed by atoms with Crippen LogP contribution in [0.3, 0.4) is 0 Å². The second kappa shape index (κ2) is 12.0. The maximum absolute atomic E-state index is 14.9. The van der Waals surface area contributed by atoms with Crippen LogP contribution in [0.4, 0.5) is 10.1 Å². The van der Waals surface area contributed by atoms with Gasteiger partial charge in [0.2, 0.25) is 0 Å². The number of amides is 1.